The summed E-state index contributed by atoms with van der Waals surface area (Å²) < 4.78 is 1.16. The molecule has 0 fully saturated rings. The molecule has 0 saturated heterocycles. The molecule has 2 rings (SSSR count). The van der Waals surface area contributed by atoms with E-state index in [4.69, 9.17) is 11.6 Å². The minimum atomic E-state index is 0.281. The third kappa shape index (κ3) is 3.03. The highest BCUT2D eigenvalue weighted by molar-refractivity contribution is 9.11. The lowest BCUT2D eigenvalue weighted by atomic mass is 10.1. The van der Waals surface area contributed by atoms with Gasteiger partial charge in [-0.15, -0.1) is 11.3 Å². The molecule has 0 aliphatic heterocycles. The predicted octanol–water partition coefficient (Wildman–Crippen LogP) is 5.65. The summed E-state index contributed by atoms with van der Waals surface area (Å²) in [5.41, 5.74) is 2.19. The van der Waals surface area contributed by atoms with Crippen molar-refractivity contribution in [3.63, 3.8) is 0 Å². The van der Waals surface area contributed by atoms with Crippen molar-refractivity contribution in [1.82, 2.24) is 0 Å². The summed E-state index contributed by atoms with van der Waals surface area (Å²) in [5, 5.41) is 4.29. The Morgan fingerprint density at radius 1 is 1.29 bits per heavy atom. The Kier molecular flexibility index (Phi) is 4.13. The van der Waals surface area contributed by atoms with Gasteiger partial charge >= 0.3 is 0 Å². The minimum Gasteiger partial charge on any atom is -0.377 e. The second-order valence-corrected chi connectivity index (χ2v) is 6.82. The van der Waals surface area contributed by atoms with Crippen LogP contribution in [-0.2, 0) is 0 Å². The Bertz CT molecular complexity index is 524. The molecule has 1 aromatic carbocycles. The molecule has 90 valence electrons. The van der Waals surface area contributed by atoms with Crippen LogP contribution in [-0.4, -0.2) is 0 Å². The molecule has 1 nitrogen and oxygen atoms in total. The number of thiophene rings is 1. The van der Waals surface area contributed by atoms with Crippen LogP contribution in [0.5, 0.6) is 0 Å². The van der Waals surface area contributed by atoms with Crippen LogP contribution in [0.15, 0.2) is 34.1 Å². The molecule has 1 atom stereocenters. The summed E-state index contributed by atoms with van der Waals surface area (Å²) in [6.45, 7) is 4.18. The molecule has 0 saturated carbocycles. The summed E-state index contributed by atoms with van der Waals surface area (Å²) in [7, 11) is 0. The van der Waals surface area contributed by atoms with Gasteiger partial charge in [-0.1, -0.05) is 17.7 Å². The number of benzene rings is 1. The van der Waals surface area contributed by atoms with Gasteiger partial charge in [0.05, 0.1) is 9.83 Å². The van der Waals surface area contributed by atoms with E-state index in [2.05, 4.69) is 46.4 Å². The second kappa shape index (κ2) is 5.42. The second-order valence-electron chi connectivity index (χ2n) is 3.92. The van der Waals surface area contributed by atoms with Gasteiger partial charge in [0.25, 0.3) is 0 Å². The van der Waals surface area contributed by atoms with E-state index in [1.54, 1.807) is 11.3 Å². The lowest BCUT2D eigenvalue weighted by Crippen LogP contribution is -2.06. The number of anilines is 1. The van der Waals surface area contributed by atoms with E-state index in [-0.39, 0.29) is 6.04 Å². The van der Waals surface area contributed by atoms with Crippen molar-refractivity contribution in [3.05, 3.63) is 49.6 Å². The van der Waals surface area contributed by atoms with Crippen molar-refractivity contribution in [2.24, 2.45) is 0 Å². The van der Waals surface area contributed by atoms with E-state index < -0.39 is 0 Å². The summed E-state index contributed by atoms with van der Waals surface area (Å²) >= 11 is 11.3. The molecule has 17 heavy (non-hydrogen) atoms. The maximum absolute atomic E-state index is 6.10. The van der Waals surface area contributed by atoms with E-state index in [1.165, 1.54) is 4.88 Å². The first kappa shape index (κ1) is 12.9. The highest BCUT2D eigenvalue weighted by Gasteiger charge is 2.10. The van der Waals surface area contributed by atoms with Crippen LogP contribution >= 0.6 is 38.9 Å². The normalized spacial score (nSPS) is 12.5. The van der Waals surface area contributed by atoms with Crippen LogP contribution in [0, 0.1) is 6.92 Å². The molecule has 1 aromatic heterocycles. The van der Waals surface area contributed by atoms with E-state index in [1.807, 2.05) is 19.1 Å². The third-order valence-corrected chi connectivity index (χ3v) is 4.88. The molecule has 0 radical (unpaired) electrons. The van der Waals surface area contributed by atoms with Crippen molar-refractivity contribution in [3.8, 4) is 0 Å². The Morgan fingerprint density at radius 3 is 2.71 bits per heavy atom. The van der Waals surface area contributed by atoms with Gasteiger partial charge in [0.1, 0.15) is 0 Å². The van der Waals surface area contributed by atoms with Crippen LogP contribution in [0.4, 0.5) is 5.69 Å². The maximum atomic E-state index is 6.10. The van der Waals surface area contributed by atoms with Gasteiger partial charge in [-0.25, -0.2) is 0 Å². The van der Waals surface area contributed by atoms with Crippen LogP contribution in [0.3, 0.4) is 0 Å². The molecular formula is C13H13BrClNS. The fourth-order valence-corrected chi connectivity index (χ4v) is 3.23. The smallest absolute Gasteiger partial charge is 0.0702 e. The van der Waals surface area contributed by atoms with Crippen molar-refractivity contribution in [1.29, 1.82) is 0 Å². The topological polar surface area (TPSA) is 12.0 Å². The summed E-state index contributed by atoms with van der Waals surface area (Å²) in [4.78, 5) is 1.30. The number of nitrogens with one attached hydrogen (secondary N) is 1. The molecule has 4 heteroatoms. The molecule has 0 bridgehead atoms. The largest absolute Gasteiger partial charge is 0.377 e. The van der Waals surface area contributed by atoms with E-state index in [9.17, 15) is 0 Å². The molecule has 0 aliphatic carbocycles. The molecule has 1 heterocycles. The van der Waals surface area contributed by atoms with Gasteiger partial charge in [-0.2, -0.15) is 0 Å². The first-order valence-corrected chi connectivity index (χ1v) is 7.33. The predicted molar refractivity (Wildman–Crippen MR) is 80.2 cm³/mol. The standard InChI is InChI=1S/C13H13BrClNS/c1-8-10(15)4-3-5-11(8)16-9(2)12-6-7-13(14)17-12/h3-7,9,16H,1-2H3. The van der Waals surface area contributed by atoms with Crippen LogP contribution in [0.1, 0.15) is 23.4 Å². The molecule has 0 aliphatic rings. The third-order valence-electron chi connectivity index (χ3n) is 2.66. The van der Waals surface area contributed by atoms with Gasteiger partial charge in [0.2, 0.25) is 0 Å². The fourth-order valence-electron chi connectivity index (χ4n) is 1.63. The number of hydrogen-bond acceptors (Lipinski definition) is 2. The van der Waals surface area contributed by atoms with Crippen LogP contribution in [0.2, 0.25) is 5.02 Å². The zero-order chi connectivity index (χ0) is 12.4. The maximum Gasteiger partial charge on any atom is 0.0702 e. The number of hydrogen-bond donors (Lipinski definition) is 1. The molecule has 1 N–H and O–H groups in total. The van der Waals surface area contributed by atoms with Crippen molar-refractivity contribution >= 4 is 44.6 Å². The minimum absolute atomic E-state index is 0.281. The molecule has 0 spiro atoms. The quantitative estimate of drug-likeness (QED) is 0.767. The van der Waals surface area contributed by atoms with Gasteiger partial charge < -0.3 is 5.32 Å². The molecule has 2 aromatic rings. The van der Waals surface area contributed by atoms with Crippen LogP contribution < -0.4 is 5.32 Å². The van der Waals surface area contributed by atoms with Gasteiger partial charge in [0, 0.05) is 15.6 Å². The first-order valence-electron chi connectivity index (χ1n) is 5.35. The lowest BCUT2D eigenvalue weighted by Gasteiger charge is -2.16. The number of halogens is 2. The van der Waals surface area contributed by atoms with Gasteiger partial charge in [0.15, 0.2) is 0 Å². The average Bonchev–Trinajstić information content (AvgIpc) is 2.72. The van der Waals surface area contributed by atoms with E-state index >= 15 is 0 Å². The first-order chi connectivity index (χ1) is 8.08. The van der Waals surface area contributed by atoms with E-state index in [0.29, 0.717) is 0 Å². The van der Waals surface area contributed by atoms with Gasteiger partial charge in [-0.05, 0) is 59.6 Å². The Morgan fingerprint density at radius 2 is 2.06 bits per heavy atom. The summed E-state index contributed by atoms with van der Waals surface area (Å²) in [6, 6.07) is 10.4. The number of rotatable bonds is 3. The van der Waals surface area contributed by atoms with E-state index in [0.717, 1.165) is 20.1 Å². The zero-order valence-electron chi connectivity index (χ0n) is 9.63. The van der Waals surface area contributed by atoms with Crippen molar-refractivity contribution in [2.45, 2.75) is 19.9 Å². The molecule has 1 unspecified atom stereocenters. The van der Waals surface area contributed by atoms with Gasteiger partial charge in [-0.3, -0.25) is 0 Å². The van der Waals surface area contributed by atoms with Crippen LogP contribution in [0.25, 0.3) is 0 Å². The molecular weight excluding hydrogens is 318 g/mol. The Hall–Kier alpha value is -0.510. The molecule has 0 amide bonds. The monoisotopic (exact) mass is 329 g/mol. The summed E-state index contributed by atoms with van der Waals surface area (Å²) in [6.07, 6.45) is 0. The highest BCUT2D eigenvalue weighted by atomic mass is 79.9. The highest BCUT2D eigenvalue weighted by Crippen LogP contribution is 2.31. The average molecular weight is 331 g/mol. The lowest BCUT2D eigenvalue weighted by molar-refractivity contribution is 0.905. The zero-order valence-corrected chi connectivity index (χ0v) is 12.8. The fraction of sp³-hybridized carbons (Fsp3) is 0.231. The SMILES string of the molecule is Cc1c(Cl)cccc1NC(C)c1ccc(Br)s1. The van der Waals surface area contributed by atoms with Crippen molar-refractivity contribution in [2.75, 3.05) is 5.32 Å². The summed E-state index contributed by atoms with van der Waals surface area (Å²) in [5.74, 6) is 0. The van der Waals surface area contributed by atoms with Crippen molar-refractivity contribution < 1.29 is 0 Å². The Labute approximate surface area is 119 Å². The Balaban J connectivity index is 2.18.